The lowest BCUT2D eigenvalue weighted by Crippen LogP contribution is -2.23. The van der Waals surface area contributed by atoms with Gasteiger partial charge < -0.3 is 9.73 Å². The SMILES string of the molecule is Cc1ccc(CNC(=O)c2ccncc2F)o1. The molecule has 0 unspecified atom stereocenters. The molecule has 0 saturated carbocycles. The van der Waals surface area contributed by atoms with Gasteiger partial charge in [0.2, 0.25) is 0 Å². The van der Waals surface area contributed by atoms with Crippen LogP contribution in [0.3, 0.4) is 0 Å². The third-order valence-electron chi connectivity index (χ3n) is 2.24. The van der Waals surface area contributed by atoms with E-state index in [2.05, 4.69) is 10.3 Å². The van der Waals surface area contributed by atoms with E-state index in [4.69, 9.17) is 4.42 Å². The van der Waals surface area contributed by atoms with Crippen molar-refractivity contribution in [1.82, 2.24) is 10.3 Å². The first-order valence-electron chi connectivity index (χ1n) is 5.10. The van der Waals surface area contributed by atoms with Gasteiger partial charge in [0, 0.05) is 6.20 Å². The number of hydrogen-bond acceptors (Lipinski definition) is 3. The van der Waals surface area contributed by atoms with E-state index in [1.54, 1.807) is 12.1 Å². The number of rotatable bonds is 3. The smallest absolute Gasteiger partial charge is 0.254 e. The maximum atomic E-state index is 13.2. The van der Waals surface area contributed by atoms with Crippen LogP contribution in [0.2, 0.25) is 0 Å². The predicted molar refractivity (Wildman–Crippen MR) is 58.8 cm³/mol. The van der Waals surface area contributed by atoms with Gasteiger partial charge in [-0.2, -0.15) is 0 Å². The van der Waals surface area contributed by atoms with Crippen LogP contribution in [0.15, 0.2) is 35.0 Å². The fourth-order valence-electron chi connectivity index (χ4n) is 1.40. The Bertz CT molecular complexity index is 537. The van der Waals surface area contributed by atoms with Crippen LogP contribution < -0.4 is 5.32 Å². The largest absolute Gasteiger partial charge is 0.465 e. The molecule has 2 aromatic rings. The molecule has 2 rings (SSSR count). The predicted octanol–water partition coefficient (Wildman–Crippen LogP) is 2.05. The van der Waals surface area contributed by atoms with E-state index < -0.39 is 11.7 Å². The third kappa shape index (κ3) is 2.69. The van der Waals surface area contributed by atoms with Crippen molar-refractivity contribution in [3.05, 3.63) is 53.5 Å². The molecule has 17 heavy (non-hydrogen) atoms. The summed E-state index contributed by atoms with van der Waals surface area (Å²) in [7, 11) is 0. The zero-order chi connectivity index (χ0) is 12.3. The Morgan fingerprint density at radius 2 is 2.29 bits per heavy atom. The minimum absolute atomic E-state index is 0.0247. The zero-order valence-corrected chi connectivity index (χ0v) is 9.24. The van der Waals surface area contributed by atoms with E-state index in [9.17, 15) is 9.18 Å². The van der Waals surface area contributed by atoms with E-state index in [-0.39, 0.29) is 12.1 Å². The summed E-state index contributed by atoms with van der Waals surface area (Å²) in [6, 6.07) is 4.89. The molecule has 0 fully saturated rings. The number of carbonyl (C=O) groups excluding carboxylic acids is 1. The second kappa shape index (κ2) is 4.78. The van der Waals surface area contributed by atoms with Gasteiger partial charge in [0.15, 0.2) is 5.82 Å². The highest BCUT2D eigenvalue weighted by atomic mass is 19.1. The lowest BCUT2D eigenvalue weighted by atomic mass is 10.2. The van der Waals surface area contributed by atoms with E-state index in [1.165, 1.54) is 12.3 Å². The minimum atomic E-state index is -0.638. The maximum absolute atomic E-state index is 13.2. The molecule has 2 heterocycles. The quantitative estimate of drug-likeness (QED) is 0.884. The Balaban J connectivity index is 2.01. The molecule has 1 N–H and O–H groups in total. The standard InChI is InChI=1S/C12H11FN2O2/c1-8-2-3-9(17-8)6-15-12(16)10-4-5-14-7-11(10)13/h2-5,7H,6H2,1H3,(H,15,16). The molecular weight excluding hydrogens is 223 g/mol. The fraction of sp³-hybridized carbons (Fsp3) is 0.167. The van der Waals surface area contributed by atoms with Crippen molar-refractivity contribution >= 4 is 5.91 Å². The number of amides is 1. The van der Waals surface area contributed by atoms with Crippen LogP contribution in [0.1, 0.15) is 21.9 Å². The Kier molecular flexibility index (Phi) is 3.18. The zero-order valence-electron chi connectivity index (χ0n) is 9.24. The van der Waals surface area contributed by atoms with Crippen LogP contribution in [-0.2, 0) is 6.54 Å². The summed E-state index contributed by atoms with van der Waals surface area (Å²) in [6.07, 6.45) is 2.38. The van der Waals surface area contributed by atoms with Crippen molar-refractivity contribution in [3.63, 3.8) is 0 Å². The maximum Gasteiger partial charge on any atom is 0.254 e. The lowest BCUT2D eigenvalue weighted by Gasteiger charge is -2.03. The third-order valence-corrected chi connectivity index (χ3v) is 2.24. The van der Waals surface area contributed by atoms with Gasteiger partial charge in [-0.1, -0.05) is 0 Å². The molecule has 0 spiro atoms. The number of aryl methyl sites for hydroxylation is 1. The van der Waals surface area contributed by atoms with Gasteiger partial charge in [0.1, 0.15) is 11.5 Å². The highest BCUT2D eigenvalue weighted by molar-refractivity contribution is 5.94. The number of hydrogen-bond donors (Lipinski definition) is 1. The van der Waals surface area contributed by atoms with Crippen LogP contribution in [-0.4, -0.2) is 10.9 Å². The number of furan rings is 1. The topological polar surface area (TPSA) is 55.1 Å². The number of carbonyl (C=O) groups is 1. The lowest BCUT2D eigenvalue weighted by molar-refractivity contribution is 0.0943. The molecule has 5 heteroatoms. The Morgan fingerprint density at radius 3 is 2.94 bits per heavy atom. The van der Waals surface area contributed by atoms with E-state index in [0.29, 0.717) is 5.76 Å². The average Bonchev–Trinajstić information content (AvgIpc) is 2.73. The first-order chi connectivity index (χ1) is 8.16. The van der Waals surface area contributed by atoms with Gasteiger partial charge in [-0.3, -0.25) is 9.78 Å². The van der Waals surface area contributed by atoms with E-state index >= 15 is 0 Å². The van der Waals surface area contributed by atoms with Crippen LogP contribution in [0.4, 0.5) is 4.39 Å². The number of aromatic nitrogens is 1. The molecule has 0 aliphatic heterocycles. The highest BCUT2D eigenvalue weighted by Gasteiger charge is 2.11. The monoisotopic (exact) mass is 234 g/mol. The highest BCUT2D eigenvalue weighted by Crippen LogP contribution is 2.07. The van der Waals surface area contributed by atoms with Crippen molar-refractivity contribution in [3.8, 4) is 0 Å². The second-order valence-electron chi connectivity index (χ2n) is 3.55. The molecule has 0 aromatic carbocycles. The summed E-state index contributed by atoms with van der Waals surface area (Å²) >= 11 is 0. The Hall–Kier alpha value is -2.17. The molecule has 0 saturated heterocycles. The van der Waals surface area contributed by atoms with Crippen molar-refractivity contribution in [1.29, 1.82) is 0 Å². The van der Waals surface area contributed by atoms with Crippen molar-refractivity contribution in [2.45, 2.75) is 13.5 Å². The van der Waals surface area contributed by atoms with Gasteiger partial charge in [-0.25, -0.2) is 4.39 Å². The minimum Gasteiger partial charge on any atom is -0.465 e. The first-order valence-corrected chi connectivity index (χ1v) is 5.10. The molecule has 88 valence electrons. The van der Waals surface area contributed by atoms with Crippen molar-refractivity contribution in [2.75, 3.05) is 0 Å². The second-order valence-corrected chi connectivity index (χ2v) is 3.55. The summed E-state index contributed by atoms with van der Waals surface area (Å²) in [4.78, 5) is 15.2. The molecule has 0 atom stereocenters. The summed E-state index contributed by atoms with van der Waals surface area (Å²) < 4.78 is 18.5. The number of nitrogens with zero attached hydrogens (tertiary/aromatic N) is 1. The van der Waals surface area contributed by atoms with Crippen LogP contribution in [0, 0.1) is 12.7 Å². The summed E-state index contributed by atoms with van der Waals surface area (Å²) in [6.45, 7) is 2.04. The molecule has 2 aromatic heterocycles. The molecule has 0 bridgehead atoms. The van der Waals surface area contributed by atoms with Gasteiger partial charge in [-0.05, 0) is 25.1 Å². The first kappa shape index (κ1) is 11.3. The molecule has 1 amide bonds. The average molecular weight is 234 g/mol. The van der Waals surface area contributed by atoms with Gasteiger partial charge >= 0.3 is 0 Å². The fourth-order valence-corrected chi connectivity index (χ4v) is 1.40. The van der Waals surface area contributed by atoms with Gasteiger partial charge in [-0.15, -0.1) is 0 Å². The van der Waals surface area contributed by atoms with Crippen molar-refractivity contribution in [2.24, 2.45) is 0 Å². The Labute approximate surface area is 97.5 Å². The van der Waals surface area contributed by atoms with E-state index in [1.807, 2.05) is 6.92 Å². The molecule has 0 radical (unpaired) electrons. The molecule has 0 aliphatic rings. The number of nitrogens with one attached hydrogen (secondary N) is 1. The van der Waals surface area contributed by atoms with Crippen LogP contribution in [0.25, 0.3) is 0 Å². The number of pyridine rings is 1. The van der Waals surface area contributed by atoms with Gasteiger partial charge in [0.25, 0.3) is 5.91 Å². The normalized spacial score (nSPS) is 10.2. The molecular formula is C12H11FN2O2. The van der Waals surface area contributed by atoms with Crippen LogP contribution in [0.5, 0.6) is 0 Å². The van der Waals surface area contributed by atoms with Gasteiger partial charge in [0.05, 0.1) is 18.3 Å². The summed E-state index contributed by atoms with van der Waals surface area (Å²) in [5, 5.41) is 2.57. The molecule has 4 nitrogen and oxygen atoms in total. The van der Waals surface area contributed by atoms with Crippen LogP contribution >= 0.6 is 0 Å². The Morgan fingerprint density at radius 1 is 1.47 bits per heavy atom. The summed E-state index contributed by atoms with van der Waals surface area (Å²) in [5.41, 5.74) is -0.0247. The number of halogens is 1. The van der Waals surface area contributed by atoms with Crippen molar-refractivity contribution < 1.29 is 13.6 Å². The molecule has 0 aliphatic carbocycles. The summed E-state index contributed by atoms with van der Waals surface area (Å²) in [5.74, 6) is 0.272. The van der Waals surface area contributed by atoms with E-state index in [0.717, 1.165) is 12.0 Å².